The molecule has 1 aliphatic heterocycles. The van der Waals surface area contributed by atoms with Crippen molar-refractivity contribution in [1.29, 1.82) is 0 Å². The van der Waals surface area contributed by atoms with E-state index >= 15 is 0 Å². The van der Waals surface area contributed by atoms with Gasteiger partial charge in [-0.25, -0.2) is 0 Å². The number of anilines is 1. The Morgan fingerprint density at radius 1 is 1.25 bits per heavy atom. The van der Waals surface area contributed by atoms with Crippen LogP contribution in [-0.4, -0.2) is 19.0 Å². The van der Waals surface area contributed by atoms with Crippen molar-refractivity contribution in [2.75, 3.05) is 18.4 Å². The quantitative estimate of drug-likeness (QED) is 0.798. The van der Waals surface area contributed by atoms with Crippen molar-refractivity contribution in [3.63, 3.8) is 0 Å². The Morgan fingerprint density at radius 2 is 1.88 bits per heavy atom. The van der Waals surface area contributed by atoms with Crippen LogP contribution in [0.5, 0.6) is 0 Å². The normalized spacial score (nSPS) is 17.1. The molecule has 0 aliphatic carbocycles. The van der Waals surface area contributed by atoms with Crippen molar-refractivity contribution in [2.45, 2.75) is 25.7 Å². The third-order valence-electron chi connectivity index (χ3n) is 3.04. The Balaban J connectivity index is 2.03. The van der Waals surface area contributed by atoms with E-state index < -0.39 is 0 Å². The first-order valence-electron chi connectivity index (χ1n) is 5.84. The third kappa shape index (κ3) is 2.83. The molecular formula is C13H18N2O. The molecule has 1 aromatic rings. The number of carbonyl (C=O) groups is 1. The van der Waals surface area contributed by atoms with Crippen molar-refractivity contribution in [1.82, 2.24) is 5.32 Å². The van der Waals surface area contributed by atoms with Crippen molar-refractivity contribution in [3.8, 4) is 0 Å². The molecule has 2 N–H and O–H groups in total. The van der Waals surface area contributed by atoms with E-state index in [1.54, 1.807) is 0 Å². The van der Waals surface area contributed by atoms with E-state index in [-0.39, 0.29) is 5.91 Å². The van der Waals surface area contributed by atoms with Gasteiger partial charge in [-0.15, -0.1) is 0 Å². The van der Waals surface area contributed by atoms with Crippen LogP contribution < -0.4 is 10.6 Å². The first-order chi connectivity index (χ1) is 7.75. The molecule has 1 aliphatic rings. The van der Waals surface area contributed by atoms with Gasteiger partial charge in [-0.3, -0.25) is 4.79 Å². The number of amides is 1. The zero-order valence-corrected chi connectivity index (χ0v) is 9.62. The summed E-state index contributed by atoms with van der Waals surface area (Å²) < 4.78 is 0. The van der Waals surface area contributed by atoms with E-state index in [1.165, 1.54) is 25.3 Å². The van der Waals surface area contributed by atoms with E-state index in [0.717, 1.165) is 18.8 Å². The minimum absolute atomic E-state index is 0.0189. The Kier molecular flexibility index (Phi) is 3.57. The highest BCUT2D eigenvalue weighted by atomic mass is 16.1. The van der Waals surface area contributed by atoms with Crippen LogP contribution in [0.25, 0.3) is 0 Å². The molecule has 1 saturated heterocycles. The zero-order chi connectivity index (χ0) is 11.4. The fourth-order valence-corrected chi connectivity index (χ4v) is 2.20. The molecule has 3 nitrogen and oxygen atoms in total. The summed E-state index contributed by atoms with van der Waals surface area (Å²) in [5.41, 5.74) is 2.26. The lowest BCUT2D eigenvalue weighted by molar-refractivity contribution is -0.114. The molecule has 0 bridgehead atoms. The van der Waals surface area contributed by atoms with Crippen LogP contribution in [0.2, 0.25) is 0 Å². The largest absolute Gasteiger partial charge is 0.326 e. The van der Waals surface area contributed by atoms with Crippen LogP contribution in [0.1, 0.15) is 31.2 Å². The molecule has 0 radical (unpaired) electrons. The fourth-order valence-electron chi connectivity index (χ4n) is 2.20. The lowest BCUT2D eigenvalue weighted by Crippen LogP contribution is -2.26. The first-order valence-corrected chi connectivity index (χ1v) is 5.84. The molecule has 0 saturated carbocycles. The van der Waals surface area contributed by atoms with Gasteiger partial charge in [-0.05, 0) is 49.5 Å². The molecule has 3 heteroatoms. The Hall–Kier alpha value is -1.35. The highest BCUT2D eigenvalue weighted by molar-refractivity contribution is 5.88. The van der Waals surface area contributed by atoms with Gasteiger partial charge in [0.05, 0.1) is 0 Å². The van der Waals surface area contributed by atoms with Gasteiger partial charge in [0.2, 0.25) is 5.91 Å². The number of piperidine rings is 1. The summed E-state index contributed by atoms with van der Waals surface area (Å²) in [6, 6.07) is 8.22. The molecule has 0 unspecified atom stereocenters. The van der Waals surface area contributed by atoms with Crippen molar-refractivity contribution < 1.29 is 4.79 Å². The molecule has 1 amide bonds. The molecule has 1 aromatic carbocycles. The maximum atomic E-state index is 10.9. The van der Waals surface area contributed by atoms with Crippen molar-refractivity contribution >= 4 is 11.6 Å². The van der Waals surface area contributed by atoms with Crippen LogP contribution in [0.4, 0.5) is 5.69 Å². The lowest BCUT2D eigenvalue weighted by atomic mass is 9.90. The Morgan fingerprint density at radius 3 is 2.44 bits per heavy atom. The second-order valence-electron chi connectivity index (χ2n) is 4.33. The predicted octanol–water partition coefficient (Wildman–Crippen LogP) is 2.11. The summed E-state index contributed by atoms with van der Waals surface area (Å²) >= 11 is 0. The second-order valence-corrected chi connectivity index (χ2v) is 4.33. The fraction of sp³-hybridized carbons (Fsp3) is 0.462. The van der Waals surface area contributed by atoms with Crippen molar-refractivity contribution in [2.24, 2.45) is 0 Å². The third-order valence-corrected chi connectivity index (χ3v) is 3.04. The van der Waals surface area contributed by atoms with Crippen LogP contribution in [0.3, 0.4) is 0 Å². The summed E-state index contributed by atoms with van der Waals surface area (Å²) in [5.74, 6) is 0.655. The zero-order valence-electron chi connectivity index (χ0n) is 9.62. The van der Waals surface area contributed by atoms with Gasteiger partial charge < -0.3 is 10.6 Å². The lowest BCUT2D eigenvalue weighted by Gasteiger charge is -2.23. The number of rotatable bonds is 2. The van der Waals surface area contributed by atoms with E-state index in [9.17, 15) is 4.79 Å². The van der Waals surface area contributed by atoms with Gasteiger partial charge in [-0.2, -0.15) is 0 Å². The number of carbonyl (C=O) groups excluding carboxylic acids is 1. The highest BCUT2D eigenvalue weighted by Crippen LogP contribution is 2.25. The van der Waals surface area contributed by atoms with Gasteiger partial charge in [0.25, 0.3) is 0 Å². The molecule has 0 spiro atoms. The number of hydrogen-bond donors (Lipinski definition) is 2. The van der Waals surface area contributed by atoms with E-state index in [4.69, 9.17) is 0 Å². The van der Waals surface area contributed by atoms with Gasteiger partial charge >= 0.3 is 0 Å². The summed E-state index contributed by atoms with van der Waals surface area (Å²) in [7, 11) is 0. The van der Waals surface area contributed by atoms with Gasteiger partial charge in [0.15, 0.2) is 0 Å². The van der Waals surface area contributed by atoms with Crippen LogP contribution in [0, 0.1) is 0 Å². The topological polar surface area (TPSA) is 41.1 Å². The molecule has 2 rings (SSSR count). The van der Waals surface area contributed by atoms with Crippen LogP contribution in [0.15, 0.2) is 24.3 Å². The summed E-state index contributed by atoms with van der Waals surface area (Å²) in [4.78, 5) is 10.9. The van der Waals surface area contributed by atoms with Gasteiger partial charge in [0, 0.05) is 12.6 Å². The maximum absolute atomic E-state index is 10.9. The maximum Gasteiger partial charge on any atom is 0.221 e. The smallest absolute Gasteiger partial charge is 0.221 e. The van der Waals surface area contributed by atoms with E-state index in [0.29, 0.717) is 5.92 Å². The molecular weight excluding hydrogens is 200 g/mol. The van der Waals surface area contributed by atoms with Gasteiger partial charge in [0.1, 0.15) is 0 Å². The average molecular weight is 218 g/mol. The van der Waals surface area contributed by atoms with E-state index in [1.807, 2.05) is 12.1 Å². The summed E-state index contributed by atoms with van der Waals surface area (Å²) in [5, 5.41) is 6.15. The Labute approximate surface area is 96.2 Å². The number of hydrogen-bond acceptors (Lipinski definition) is 2. The molecule has 86 valence electrons. The molecule has 16 heavy (non-hydrogen) atoms. The average Bonchev–Trinajstić information content (AvgIpc) is 2.30. The predicted molar refractivity (Wildman–Crippen MR) is 65.6 cm³/mol. The summed E-state index contributed by atoms with van der Waals surface area (Å²) in [6.45, 7) is 3.75. The number of benzene rings is 1. The van der Waals surface area contributed by atoms with Crippen LogP contribution in [-0.2, 0) is 4.79 Å². The molecule has 0 aromatic heterocycles. The monoisotopic (exact) mass is 218 g/mol. The molecule has 1 heterocycles. The molecule has 1 fully saturated rings. The minimum atomic E-state index is -0.0189. The minimum Gasteiger partial charge on any atom is -0.326 e. The van der Waals surface area contributed by atoms with E-state index in [2.05, 4.69) is 22.8 Å². The second kappa shape index (κ2) is 5.12. The standard InChI is InChI=1S/C13H18N2O/c1-10(16)15-13-4-2-11(3-5-13)12-6-8-14-9-7-12/h2-5,12,14H,6-9H2,1H3,(H,15,16). The first kappa shape index (κ1) is 11.1. The summed E-state index contributed by atoms with van der Waals surface area (Å²) in [6.07, 6.45) is 2.42. The molecule has 0 atom stereocenters. The van der Waals surface area contributed by atoms with Crippen LogP contribution >= 0.6 is 0 Å². The Bertz CT molecular complexity index is 353. The highest BCUT2D eigenvalue weighted by Gasteiger charge is 2.14. The van der Waals surface area contributed by atoms with Gasteiger partial charge in [-0.1, -0.05) is 12.1 Å². The SMILES string of the molecule is CC(=O)Nc1ccc(C2CCNCC2)cc1. The van der Waals surface area contributed by atoms with Crippen molar-refractivity contribution in [3.05, 3.63) is 29.8 Å². The number of nitrogens with one attached hydrogen (secondary N) is 2.